The molecule has 1 aromatic heterocycles. The van der Waals surface area contributed by atoms with Crippen molar-refractivity contribution in [3.8, 4) is 0 Å². The van der Waals surface area contributed by atoms with Crippen LogP contribution in [0.25, 0.3) is 0 Å². The van der Waals surface area contributed by atoms with Crippen molar-refractivity contribution in [3.05, 3.63) is 52.2 Å². The number of quaternary nitrogens is 1. The molecule has 2 heterocycles. The van der Waals surface area contributed by atoms with Gasteiger partial charge in [-0.05, 0) is 47.3 Å². The molecule has 4 nitrogen and oxygen atoms in total. The van der Waals surface area contributed by atoms with Crippen LogP contribution >= 0.6 is 23.6 Å². The normalized spacial score (nSPS) is 16.4. The number of morpholine rings is 1. The van der Waals surface area contributed by atoms with Gasteiger partial charge in [-0.15, -0.1) is 11.3 Å². The lowest BCUT2D eigenvalue weighted by molar-refractivity contribution is -0.937. The first-order chi connectivity index (χ1) is 12.6. The molecule has 26 heavy (non-hydrogen) atoms. The Kier molecular flexibility index (Phi) is 7.02. The second-order valence-electron chi connectivity index (χ2n) is 6.95. The maximum Gasteiger partial charge on any atom is 0.171 e. The molecule has 1 aromatic carbocycles. The molecule has 2 aromatic rings. The molecule has 0 bridgehead atoms. The van der Waals surface area contributed by atoms with E-state index in [2.05, 4.69) is 66.3 Å². The zero-order valence-corrected chi connectivity index (χ0v) is 17.1. The van der Waals surface area contributed by atoms with Crippen LogP contribution in [0.1, 0.15) is 36.2 Å². The zero-order valence-electron chi connectivity index (χ0n) is 15.5. The summed E-state index contributed by atoms with van der Waals surface area (Å²) < 4.78 is 5.52. The minimum atomic E-state index is 0.405. The minimum absolute atomic E-state index is 0.405. The second-order valence-corrected chi connectivity index (χ2v) is 8.34. The molecule has 140 valence electrons. The Morgan fingerprint density at radius 3 is 2.54 bits per heavy atom. The lowest BCUT2D eigenvalue weighted by atomic mass is 10.0. The molecule has 3 rings (SSSR count). The van der Waals surface area contributed by atoms with Crippen molar-refractivity contribution < 1.29 is 9.64 Å². The summed E-state index contributed by atoms with van der Waals surface area (Å²) in [6.45, 7) is 8.98. The molecular weight excluding hydrogens is 362 g/mol. The number of thiocarbonyl (C=S) groups is 1. The van der Waals surface area contributed by atoms with Gasteiger partial charge in [-0.2, -0.15) is 0 Å². The molecule has 1 fully saturated rings. The average molecular weight is 391 g/mol. The lowest BCUT2D eigenvalue weighted by Crippen LogP contribution is -3.15. The molecule has 0 saturated carbocycles. The van der Waals surface area contributed by atoms with Crippen molar-refractivity contribution in [1.29, 1.82) is 0 Å². The third-order valence-electron chi connectivity index (χ3n) is 4.82. The molecule has 6 heteroatoms. The van der Waals surface area contributed by atoms with Crippen LogP contribution in [0, 0.1) is 0 Å². The summed E-state index contributed by atoms with van der Waals surface area (Å²) in [6.07, 6.45) is 0. The quantitative estimate of drug-likeness (QED) is 0.663. The molecule has 1 aliphatic heterocycles. The van der Waals surface area contributed by atoms with Gasteiger partial charge in [0.15, 0.2) is 5.11 Å². The van der Waals surface area contributed by atoms with Crippen molar-refractivity contribution >= 4 is 34.4 Å². The number of rotatable bonds is 6. The fourth-order valence-corrected chi connectivity index (χ4v) is 4.33. The lowest BCUT2D eigenvalue weighted by Gasteiger charge is -2.31. The van der Waals surface area contributed by atoms with Crippen LogP contribution in [0.15, 0.2) is 41.8 Å². The van der Waals surface area contributed by atoms with Gasteiger partial charge in [0.05, 0.1) is 24.6 Å². The van der Waals surface area contributed by atoms with Crippen molar-refractivity contribution in [2.24, 2.45) is 0 Å². The van der Waals surface area contributed by atoms with Crippen LogP contribution in [-0.2, 0) is 4.74 Å². The molecular formula is C20H28N3OS2+. The van der Waals surface area contributed by atoms with Gasteiger partial charge in [-0.1, -0.05) is 32.0 Å². The van der Waals surface area contributed by atoms with Crippen LogP contribution in [0.3, 0.4) is 0 Å². The highest BCUT2D eigenvalue weighted by atomic mass is 32.1. The van der Waals surface area contributed by atoms with Gasteiger partial charge in [-0.3, -0.25) is 0 Å². The van der Waals surface area contributed by atoms with E-state index in [0.717, 1.165) is 38.5 Å². The minimum Gasteiger partial charge on any atom is -0.370 e. The van der Waals surface area contributed by atoms with Crippen LogP contribution < -0.4 is 15.5 Å². The molecule has 0 amide bonds. The summed E-state index contributed by atoms with van der Waals surface area (Å²) >= 11 is 7.34. The fourth-order valence-electron chi connectivity index (χ4n) is 3.24. The predicted molar refractivity (Wildman–Crippen MR) is 113 cm³/mol. The average Bonchev–Trinajstić information content (AvgIpc) is 3.17. The van der Waals surface area contributed by atoms with Crippen molar-refractivity contribution in [3.63, 3.8) is 0 Å². The second kappa shape index (κ2) is 9.46. The van der Waals surface area contributed by atoms with E-state index in [-0.39, 0.29) is 0 Å². The fraction of sp³-hybridized carbons (Fsp3) is 0.450. The Hall–Kier alpha value is -1.47. The maximum atomic E-state index is 5.52. The first-order valence-electron chi connectivity index (χ1n) is 9.24. The van der Waals surface area contributed by atoms with E-state index in [1.807, 2.05) is 11.3 Å². The molecule has 0 unspecified atom stereocenters. The van der Waals surface area contributed by atoms with Crippen LogP contribution in [0.5, 0.6) is 0 Å². The Morgan fingerprint density at radius 2 is 1.92 bits per heavy atom. The van der Waals surface area contributed by atoms with E-state index in [9.17, 15) is 0 Å². The number of benzene rings is 1. The highest BCUT2D eigenvalue weighted by Crippen LogP contribution is 2.18. The molecule has 1 saturated heterocycles. The van der Waals surface area contributed by atoms with Gasteiger partial charge in [0.2, 0.25) is 0 Å². The van der Waals surface area contributed by atoms with Crippen LogP contribution in [0.2, 0.25) is 0 Å². The van der Waals surface area contributed by atoms with E-state index in [4.69, 9.17) is 17.0 Å². The molecule has 0 spiro atoms. The van der Waals surface area contributed by atoms with Crippen molar-refractivity contribution in [2.45, 2.75) is 25.8 Å². The molecule has 0 aliphatic carbocycles. The topological polar surface area (TPSA) is 37.7 Å². The Morgan fingerprint density at radius 1 is 1.19 bits per heavy atom. The summed E-state index contributed by atoms with van der Waals surface area (Å²) in [7, 11) is 0. The summed E-state index contributed by atoms with van der Waals surface area (Å²) in [5, 5.41) is 9.55. The summed E-state index contributed by atoms with van der Waals surface area (Å²) in [4.78, 5) is 2.97. The summed E-state index contributed by atoms with van der Waals surface area (Å²) in [5.41, 5.74) is 2.36. The third kappa shape index (κ3) is 5.27. The highest BCUT2D eigenvalue weighted by Gasteiger charge is 2.27. The smallest absolute Gasteiger partial charge is 0.171 e. The SMILES string of the molecule is CC(C)c1ccc(NC(=S)NC[C@@H](c2cccs2)[NH+]2CCOCC2)cc1. The van der Waals surface area contributed by atoms with Gasteiger partial charge in [-0.25, -0.2) is 0 Å². The van der Waals surface area contributed by atoms with Crippen molar-refractivity contribution in [1.82, 2.24) is 5.32 Å². The third-order valence-corrected chi connectivity index (χ3v) is 6.05. The molecule has 3 N–H and O–H groups in total. The number of hydrogen-bond acceptors (Lipinski definition) is 3. The number of thiophene rings is 1. The maximum absolute atomic E-state index is 5.52. The summed E-state index contributed by atoms with van der Waals surface area (Å²) in [5.74, 6) is 0.539. The van der Waals surface area contributed by atoms with E-state index in [1.165, 1.54) is 10.4 Å². The van der Waals surface area contributed by atoms with Crippen molar-refractivity contribution in [2.75, 3.05) is 38.2 Å². The standard InChI is InChI=1S/C20H27N3OS2/c1-15(2)16-5-7-17(8-6-16)22-20(25)21-14-18(19-4-3-13-26-19)23-9-11-24-12-10-23/h3-8,13,15,18H,9-12,14H2,1-2H3,(H2,21,22,25)/p+1/t18-/m0/s1. The van der Waals surface area contributed by atoms with Gasteiger partial charge in [0.25, 0.3) is 0 Å². The summed E-state index contributed by atoms with van der Waals surface area (Å²) in [6, 6.07) is 13.2. The Labute approximate surface area is 165 Å². The first-order valence-corrected chi connectivity index (χ1v) is 10.5. The monoisotopic (exact) mass is 390 g/mol. The zero-order chi connectivity index (χ0) is 18.4. The highest BCUT2D eigenvalue weighted by molar-refractivity contribution is 7.80. The van der Waals surface area contributed by atoms with Gasteiger partial charge in [0, 0.05) is 5.69 Å². The van der Waals surface area contributed by atoms with Gasteiger partial charge < -0.3 is 20.3 Å². The molecule has 1 atom stereocenters. The van der Waals surface area contributed by atoms with Crippen LogP contribution in [-0.4, -0.2) is 38.0 Å². The van der Waals surface area contributed by atoms with Crippen LogP contribution in [0.4, 0.5) is 5.69 Å². The van der Waals surface area contributed by atoms with E-state index < -0.39 is 0 Å². The largest absolute Gasteiger partial charge is 0.370 e. The molecule has 0 radical (unpaired) electrons. The number of anilines is 1. The number of ether oxygens (including phenoxy) is 1. The molecule has 1 aliphatic rings. The predicted octanol–water partition coefficient (Wildman–Crippen LogP) is 2.81. The van der Waals surface area contributed by atoms with E-state index >= 15 is 0 Å². The first kappa shape index (κ1) is 19.3. The van der Waals surface area contributed by atoms with E-state index in [0.29, 0.717) is 17.1 Å². The Bertz CT molecular complexity index is 680. The van der Waals surface area contributed by atoms with Gasteiger partial charge >= 0.3 is 0 Å². The Balaban J connectivity index is 1.57. The number of nitrogens with one attached hydrogen (secondary N) is 3. The van der Waals surface area contributed by atoms with Gasteiger partial charge in [0.1, 0.15) is 19.1 Å². The number of hydrogen-bond donors (Lipinski definition) is 3. The van der Waals surface area contributed by atoms with E-state index in [1.54, 1.807) is 4.90 Å².